The molecule has 1 aromatic heterocycles. The Morgan fingerprint density at radius 3 is 2.79 bits per heavy atom. The number of hydrogen-bond donors (Lipinski definition) is 2. The molecular weight excluding hydrogens is 178 g/mol. The molecule has 0 atom stereocenters. The molecule has 1 aliphatic carbocycles. The van der Waals surface area contributed by atoms with E-state index in [2.05, 4.69) is 27.0 Å². The number of aromatic nitrogens is 3. The average Bonchev–Trinajstić information content (AvgIpc) is 2.50. The standard InChI is InChI=1S/C9H17N5/c1-2-14(6-7-4-3-5-7)9-11-8(10)12-13-9/h7H,2-6H2,1H3,(H3,10,11,12,13). The Balaban J connectivity index is 1.97. The second kappa shape index (κ2) is 3.86. The van der Waals surface area contributed by atoms with Crippen LogP contribution in [-0.4, -0.2) is 28.3 Å². The van der Waals surface area contributed by atoms with Gasteiger partial charge >= 0.3 is 0 Å². The molecule has 0 saturated heterocycles. The summed E-state index contributed by atoms with van der Waals surface area (Å²) in [5.41, 5.74) is 5.49. The highest BCUT2D eigenvalue weighted by Crippen LogP contribution is 2.27. The van der Waals surface area contributed by atoms with Gasteiger partial charge in [0.05, 0.1) is 0 Å². The molecule has 0 spiro atoms. The lowest BCUT2D eigenvalue weighted by Gasteiger charge is -2.31. The zero-order chi connectivity index (χ0) is 9.97. The van der Waals surface area contributed by atoms with E-state index in [1.54, 1.807) is 0 Å². The lowest BCUT2D eigenvalue weighted by atomic mass is 9.85. The lowest BCUT2D eigenvalue weighted by molar-refractivity contribution is 0.317. The number of nitrogen functional groups attached to an aromatic ring is 1. The predicted octanol–water partition coefficient (Wildman–Crippen LogP) is 1.01. The number of nitrogens with two attached hydrogens (primary N) is 1. The van der Waals surface area contributed by atoms with Crippen LogP contribution in [0, 0.1) is 5.92 Å². The van der Waals surface area contributed by atoms with Gasteiger partial charge in [-0.1, -0.05) is 6.42 Å². The van der Waals surface area contributed by atoms with Crippen molar-refractivity contribution in [3.63, 3.8) is 0 Å². The summed E-state index contributed by atoms with van der Waals surface area (Å²) in [5, 5.41) is 6.73. The van der Waals surface area contributed by atoms with Crippen molar-refractivity contribution in [3.05, 3.63) is 0 Å². The third-order valence-corrected chi connectivity index (χ3v) is 2.86. The van der Waals surface area contributed by atoms with Crippen LogP contribution in [0.15, 0.2) is 0 Å². The first-order chi connectivity index (χ1) is 6.79. The van der Waals surface area contributed by atoms with Crippen molar-refractivity contribution in [2.75, 3.05) is 23.7 Å². The first-order valence-electron chi connectivity index (χ1n) is 5.22. The minimum Gasteiger partial charge on any atom is -0.368 e. The Hall–Kier alpha value is -1.26. The summed E-state index contributed by atoms with van der Waals surface area (Å²) in [6.45, 7) is 4.12. The zero-order valence-corrected chi connectivity index (χ0v) is 8.53. The number of H-pyrrole nitrogens is 1. The SMILES string of the molecule is CCN(CC1CCC1)c1n[nH]c(N)n1. The molecule has 0 aromatic carbocycles. The van der Waals surface area contributed by atoms with Crippen LogP contribution in [0.5, 0.6) is 0 Å². The molecule has 0 amide bonds. The van der Waals surface area contributed by atoms with Gasteiger partial charge in [0.2, 0.25) is 11.9 Å². The molecule has 5 heteroatoms. The third-order valence-electron chi connectivity index (χ3n) is 2.86. The fourth-order valence-corrected chi connectivity index (χ4v) is 1.75. The van der Waals surface area contributed by atoms with Crippen molar-refractivity contribution in [2.24, 2.45) is 5.92 Å². The van der Waals surface area contributed by atoms with E-state index in [4.69, 9.17) is 5.73 Å². The van der Waals surface area contributed by atoms with Gasteiger partial charge in [0.1, 0.15) is 0 Å². The Morgan fingerprint density at radius 2 is 2.36 bits per heavy atom. The Kier molecular flexibility index (Phi) is 2.56. The molecule has 1 saturated carbocycles. The Morgan fingerprint density at radius 1 is 1.57 bits per heavy atom. The van der Waals surface area contributed by atoms with Gasteiger partial charge in [-0.05, 0) is 25.7 Å². The number of hydrogen-bond acceptors (Lipinski definition) is 4. The number of rotatable bonds is 4. The number of nitrogens with zero attached hydrogens (tertiary/aromatic N) is 3. The van der Waals surface area contributed by atoms with Gasteiger partial charge in [-0.3, -0.25) is 0 Å². The van der Waals surface area contributed by atoms with E-state index < -0.39 is 0 Å². The van der Waals surface area contributed by atoms with Gasteiger partial charge in [-0.15, -0.1) is 5.10 Å². The molecule has 0 aliphatic heterocycles. The molecule has 78 valence electrons. The Bertz CT molecular complexity index is 291. The number of anilines is 2. The van der Waals surface area contributed by atoms with Crippen LogP contribution in [0.25, 0.3) is 0 Å². The highest BCUT2D eigenvalue weighted by Gasteiger charge is 2.21. The molecule has 1 aromatic rings. The van der Waals surface area contributed by atoms with Gasteiger partial charge in [-0.25, -0.2) is 5.10 Å². The van der Waals surface area contributed by atoms with Crippen LogP contribution in [0.4, 0.5) is 11.9 Å². The molecule has 2 rings (SSSR count). The average molecular weight is 195 g/mol. The fourth-order valence-electron chi connectivity index (χ4n) is 1.75. The maximum atomic E-state index is 5.49. The molecule has 5 nitrogen and oxygen atoms in total. The highest BCUT2D eigenvalue weighted by atomic mass is 15.4. The van der Waals surface area contributed by atoms with Crippen LogP contribution in [-0.2, 0) is 0 Å². The smallest absolute Gasteiger partial charge is 0.246 e. The van der Waals surface area contributed by atoms with Crippen molar-refractivity contribution in [1.29, 1.82) is 0 Å². The van der Waals surface area contributed by atoms with E-state index in [0.29, 0.717) is 5.95 Å². The van der Waals surface area contributed by atoms with E-state index >= 15 is 0 Å². The molecule has 0 radical (unpaired) electrons. The van der Waals surface area contributed by atoms with Crippen molar-refractivity contribution < 1.29 is 0 Å². The molecule has 14 heavy (non-hydrogen) atoms. The van der Waals surface area contributed by atoms with Gasteiger partial charge < -0.3 is 10.6 Å². The molecular formula is C9H17N5. The summed E-state index contributed by atoms with van der Waals surface area (Å²) >= 11 is 0. The van der Waals surface area contributed by atoms with Crippen LogP contribution < -0.4 is 10.6 Å². The largest absolute Gasteiger partial charge is 0.368 e. The van der Waals surface area contributed by atoms with Gasteiger partial charge in [0.25, 0.3) is 0 Å². The maximum absolute atomic E-state index is 5.49. The van der Waals surface area contributed by atoms with E-state index in [9.17, 15) is 0 Å². The van der Waals surface area contributed by atoms with Crippen LogP contribution in [0.1, 0.15) is 26.2 Å². The van der Waals surface area contributed by atoms with Gasteiger partial charge in [0, 0.05) is 13.1 Å². The third kappa shape index (κ3) is 1.81. The van der Waals surface area contributed by atoms with E-state index in [0.717, 1.165) is 25.0 Å². The molecule has 0 bridgehead atoms. The van der Waals surface area contributed by atoms with Gasteiger partial charge in [0.15, 0.2) is 0 Å². The Labute approximate surface area is 83.7 Å². The van der Waals surface area contributed by atoms with Crippen molar-refractivity contribution in [3.8, 4) is 0 Å². The summed E-state index contributed by atoms with van der Waals surface area (Å²) < 4.78 is 0. The molecule has 1 aliphatic rings. The lowest BCUT2D eigenvalue weighted by Crippen LogP contribution is -2.33. The van der Waals surface area contributed by atoms with E-state index in [1.807, 2.05) is 0 Å². The summed E-state index contributed by atoms with van der Waals surface area (Å²) in [4.78, 5) is 6.31. The quantitative estimate of drug-likeness (QED) is 0.752. The minimum atomic E-state index is 0.395. The van der Waals surface area contributed by atoms with Gasteiger partial charge in [-0.2, -0.15) is 4.98 Å². The predicted molar refractivity (Wildman–Crippen MR) is 56.0 cm³/mol. The second-order valence-electron chi connectivity index (χ2n) is 3.86. The van der Waals surface area contributed by atoms with Crippen LogP contribution in [0.3, 0.4) is 0 Å². The fraction of sp³-hybridized carbons (Fsp3) is 0.778. The van der Waals surface area contributed by atoms with Crippen molar-refractivity contribution in [2.45, 2.75) is 26.2 Å². The molecule has 1 heterocycles. The number of nitrogens with one attached hydrogen (secondary N) is 1. The van der Waals surface area contributed by atoms with E-state index in [1.165, 1.54) is 19.3 Å². The molecule has 1 fully saturated rings. The molecule has 0 unspecified atom stereocenters. The first kappa shape index (κ1) is 9.30. The monoisotopic (exact) mass is 195 g/mol. The second-order valence-corrected chi connectivity index (χ2v) is 3.86. The minimum absolute atomic E-state index is 0.395. The topological polar surface area (TPSA) is 70.8 Å². The zero-order valence-electron chi connectivity index (χ0n) is 8.53. The summed E-state index contributed by atoms with van der Waals surface area (Å²) in [6, 6.07) is 0. The van der Waals surface area contributed by atoms with Crippen molar-refractivity contribution >= 4 is 11.9 Å². The van der Waals surface area contributed by atoms with Crippen molar-refractivity contribution in [1.82, 2.24) is 15.2 Å². The normalized spacial score (nSPS) is 16.6. The van der Waals surface area contributed by atoms with Crippen LogP contribution in [0.2, 0.25) is 0 Å². The van der Waals surface area contributed by atoms with Crippen LogP contribution >= 0.6 is 0 Å². The first-order valence-corrected chi connectivity index (χ1v) is 5.22. The van der Waals surface area contributed by atoms with E-state index in [-0.39, 0.29) is 0 Å². The summed E-state index contributed by atoms with van der Waals surface area (Å²) in [5.74, 6) is 1.96. The summed E-state index contributed by atoms with van der Waals surface area (Å²) in [6.07, 6.45) is 4.06. The molecule has 3 N–H and O–H groups in total. The number of aromatic amines is 1. The highest BCUT2D eigenvalue weighted by molar-refractivity contribution is 5.33. The summed E-state index contributed by atoms with van der Waals surface area (Å²) in [7, 11) is 0. The maximum Gasteiger partial charge on any atom is 0.246 e.